The van der Waals surface area contributed by atoms with Crippen molar-refractivity contribution in [1.82, 2.24) is 9.80 Å². The van der Waals surface area contributed by atoms with Gasteiger partial charge in [0.2, 0.25) is 0 Å². The standard InChI is InChI=1S/C29H30ClN3O3/c1-19-16-20(10-11-26(19)30)18-32-14-12-22(13-15-32)33-27(24-8-3-4-9-25(24)29(33)35)28(34)31-21-6-5-7-23(17-21)36-2/h3-11,16-17,22,27H,12-15,18H2,1-2H3,(H,31,34). The molecule has 0 bridgehead atoms. The molecule has 1 N–H and O–H groups in total. The van der Waals surface area contributed by atoms with Crippen LogP contribution in [0.2, 0.25) is 5.02 Å². The minimum absolute atomic E-state index is 0.00540. The van der Waals surface area contributed by atoms with Gasteiger partial charge >= 0.3 is 0 Å². The summed E-state index contributed by atoms with van der Waals surface area (Å²) in [4.78, 5) is 31.3. The van der Waals surface area contributed by atoms with Crippen LogP contribution in [-0.2, 0) is 11.3 Å². The van der Waals surface area contributed by atoms with Gasteiger partial charge in [-0.2, -0.15) is 0 Å². The lowest BCUT2D eigenvalue weighted by molar-refractivity contribution is -0.121. The fourth-order valence-corrected chi connectivity index (χ4v) is 5.43. The maximum atomic E-state index is 13.6. The Morgan fingerprint density at radius 3 is 2.58 bits per heavy atom. The van der Waals surface area contributed by atoms with Gasteiger partial charge in [0.25, 0.3) is 11.8 Å². The van der Waals surface area contributed by atoms with E-state index in [4.69, 9.17) is 16.3 Å². The summed E-state index contributed by atoms with van der Waals surface area (Å²) in [5.74, 6) is 0.389. The van der Waals surface area contributed by atoms with E-state index >= 15 is 0 Å². The lowest BCUT2D eigenvalue weighted by atomic mass is 9.99. The van der Waals surface area contributed by atoms with Crippen LogP contribution in [0.1, 0.15) is 45.9 Å². The van der Waals surface area contributed by atoms with Gasteiger partial charge in [-0.3, -0.25) is 14.5 Å². The zero-order chi connectivity index (χ0) is 25.2. The Kier molecular flexibility index (Phi) is 6.99. The minimum atomic E-state index is -0.657. The lowest BCUT2D eigenvalue weighted by Gasteiger charge is -2.39. The summed E-state index contributed by atoms with van der Waals surface area (Å²) in [6.45, 7) is 4.58. The van der Waals surface area contributed by atoms with Gasteiger partial charge in [-0.25, -0.2) is 0 Å². The molecule has 36 heavy (non-hydrogen) atoms. The van der Waals surface area contributed by atoms with Crippen LogP contribution in [0.5, 0.6) is 5.75 Å². The summed E-state index contributed by atoms with van der Waals surface area (Å²) < 4.78 is 5.29. The molecule has 1 saturated heterocycles. The highest BCUT2D eigenvalue weighted by Crippen LogP contribution is 2.38. The minimum Gasteiger partial charge on any atom is -0.497 e. The molecule has 1 fully saturated rings. The SMILES string of the molecule is COc1cccc(NC(=O)C2c3ccccc3C(=O)N2C2CCN(Cc3ccc(Cl)c(C)c3)CC2)c1. The summed E-state index contributed by atoms with van der Waals surface area (Å²) in [7, 11) is 1.59. The monoisotopic (exact) mass is 503 g/mol. The number of amides is 2. The molecule has 5 rings (SSSR count). The second-order valence-corrected chi connectivity index (χ2v) is 9.92. The van der Waals surface area contributed by atoms with Crippen molar-refractivity contribution in [2.45, 2.75) is 38.4 Å². The van der Waals surface area contributed by atoms with E-state index in [-0.39, 0.29) is 17.9 Å². The van der Waals surface area contributed by atoms with E-state index in [1.54, 1.807) is 13.2 Å². The molecule has 0 radical (unpaired) electrons. The first-order valence-corrected chi connectivity index (χ1v) is 12.7. The number of aryl methyl sites for hydroxylation is 1. The van der Waals surface area contributed by atoms with Crippen molar-refractivity contribution in [3.63, 3.8) is 0 Å². The van der Waals surface area contributed by atoms with Crippen LogP contribution in [0.3, 0.4) is 0 Å². The summed E-state index contributed by atoms with van der Waals surface area (Å²) >= 11 is 6.18. The van der Waals surface area contributed by atoms with Crippen molar-refractivity contribution in [3.8, 4) is 5.75 Å². The predicted molar refractivity (Wildman–Crippen MR) is 141 cm³/mol. The van der Waals surface area contributed by atoms with Gasteiger partial charge in [-0.15, -0.1) is 0 Å². The van der Waals surface area contributed by atoms with Crippen molar-refractivity contribution in [2.75, 3.05) is 25.5 Å². The summed E-state index contributed by atoms with van der Waals surface area (Å²) in [5.41, 5.74) is 4.33. The average Bonchev–Trinajstić information content (AvgIpc) is 3.19. The Morgan fingerprint density at radius 2 is 1.83 bits per heavy atom. The molecule has 3 aromatic rings. The number of nitrogens with zero attached hydrogens (tertiary/aromatic N) is 2. The molecule has 0 aromatic heterocycles. The molecule has 0 spiro atoms. The zero-order valence-corrected chi connectivity index (χ0v) is 21.3. The highest BCUT2D eigenvalue weighted by Gasteiger charge is 2.45. The first-order valence-electron chi connectivity index (χ1n) is 12.3. The van der Waals surface area contributed by atoms with Crippen molar-refractivity contribution in [2.24, 2.45) is 0 Å². The van der Waals surface area contributed by atoms with Crippen LogP contribution >= 0.6 is 11.6 Å². The number of hydrogen-bond acceptors (Lipinski definition) is 4. The average molecular weight is 504 g/mol. The normalized spacial score (nSPS) is 18.2. The van der Waals surface area contributed by atoms with Gasteiger partial charge in [0.1, 0.15) is 11.8 Å². The van der Waals surface area contributed by atoms with Gasteiger partial charge in [0.15, 0.2) is 0 Å². The maximum absolute atomic E-state index is 13.6. The molecule has 2 heterocycles. The van der Waals surface area contributed by atoms with Crippen molar-refractivity contribution in [3.05, 3.63) is 94.0 Å². The highest BCUT2D eigenvalue weighted by atomic mass is 35.5. The molecule has 7 heteroatoms. The number of piperidine rings is 1. The molecule has 0 saturated carbocycles. The molecule has 6 nitrogen and oxygen atoms in total. The Hall–Kier alpha value is -3.35. The van der Waals surface area contributed by atoms with Crippen molar-refractivity contribution in [1.29, 1.82) is 0 Å². The zero-order valence-electron chi connectivity index (χ0n) is 20.5. The smallest absolute Gasteiger partial charge is 0.255 e. The number of fused-ring (bicyclic) bond motifs is 1. The number of rotatable bonds is 6. The van der Waals surface area contributed by atoms with Gasteiger partial charge in [0, 0.05) is 48.0 Å². The quantitative estimate of drug-likeness (QED) is 0.485. The molecule has 2 aliphatic heterocycles. The molecule has 2 amide bonds. The van der Waals surface area contributed by atoms with Crippen LogP contribution in [0.25, 0.3) is 0 Å². The van der Waals surface area contributed by atoms with E-state index in [1.165, 1.54) is 5.56 Å². The third-order valence-electron chi connectivity index (χ3n) is 7.16. The topological polar surface area (TPSA) is 61.9 Å². The predicted octanol–water partition coefficient (Wildman–Crippen LogP) is 5.46. The molecule has 3 aromatic carbocycles. The summed E-state index contributed by atoms with van der Waals surface area (Å²) in [6, 6.07) is 20.2. The third-order valence-corrected chi connectivity index (χ3v) is 7.59. The van der Waals surface area contributed by atoms with E-state index in [1.807, 2.05) is 60.4 Å². The number of anilines is 1. The largest absolute Gasteiger partial charge is 0.497 e. The van der Waals surface area contributed by atoms with Gasteiger partial charge in [-0.1, -0.05) is 48.0 Å². The second kappa shape index (κ2) is 10.3. The Bertz CT molecular complexity index is 1290. The molecule has 186 valence electrons. The number of ether oxygens (including phenoxy) is 1. The number of methoxy groups -OCH3 is 1. The van der Waals surface area contributed by atoms with Crippen LogP contribution < -0.4 is 10.1 Å². The number of likely N-dealkylation sites (tertiary alicyclic amines) is 1. The van der Waals surface area contributed by atoms with E-state index < -0.39 is 6.04 Å². The van der Waals surface area contributed by atoms with Crippen molar-refractivity contribution >= 4 is 29.1 Å². The van der Waals surface area contributed by atoms with Crippen LogP contribution in [-0.4, -0.2) is 47.9 Å². The molecular formula is C29H30ClN3O3. The highest BCUT2D eigenvalue weighted by molar-refractivity contribution is 6.31. The van der Waals surface area contributed by atoms with E-state index in [9.17, 15) is 9.59 Å². The van der Waals surface area contributed by atoms with Crippen LogP contribution in [0.4, 0.5) is 5.69 Å². The summed E-state index contributed by atoms with van der Waals surface area (Å²) in [6.07, 6.45) is 1.63. The van der Waals surface area contributed by atoms with E-state index in [2.05, 4.69) is 22.3 Å². The lowest BCUT2D eigenvalue weighted by Crippen LogP contribution is -2.48. The molecular weight excluding hydrogens is 474 g/mol. The molecule has 0 aliphatic carbocycles. The van der Waals surface area contributed by atoms with Gasteiger partial charge in [-0.05, 0) is 60.7 Å². The van der Waals surface area contributed by atoms with E-state index in [0.717, 1.165) is 48.6 Å². The first kappa shape index (κ1) is 24.3. The second-order valence-electron chi connectivity index (χ2n) is 9.51. The maximum Gasteiger partial charge on any atom is 0.255 e. The van der Waals surface area contributed by atoms with Crippen LogP contribution in [0, 0.1) is 6.92 Å². The fourth-order valence-electron chi connectivity index (χ4n) is 5.31. The first-order chi connectivity index (χ1) is 17.4. The number of benzene rings is 3. The number of carbonyl (C=O) groups is 2. The Morgan fingerprint density at radius 1 is 1.06 bits per heavy atom. The van der Waals surface area contributed by atoms with Gasteiger partial charge < -0.3 is 15.0 Å². The number of halogens is 1. The molecule has 2 aliphatic rings. The molecule has 1 atom stereocenters. The van der Waals surface area contributed by atoms with Gasteiger partial charge in [0.05, 0.1) is 7.11 Å². The number of nitrogens with one attached hydrogen (secondary N) is 1. The molecule has 1 unspecified atom stereocenters. The van der Waals surface area contributed by atoms with Crippen LogP contribution in [0.15, 0.2) is 66.7 Å². The van der Waals surface area contributed by atoms with Crippen molar-refractivity contribution < 1.29 is 14.3 Å². The Labute approximate surface area is 216 Å². The Balaban J connectivity index is 1.32. The van der Waals surface area contributed by atoms with E-state index in [0.29, 0.717) is 17.0 Å². The summed E-state index contributed by atoms with van der Waals surface area (Å²) in [5, 5.41) is 3.79. The fraction of sp³-hybridized carbons (Fsp3) is 0.310. The number of hydrogen-bond donors (Lipinski definition) is 1. The third kappa shape index (κ3) is 4.84. The number of carbonyl (C=O) groups excluding carboxylic acids is 2.